The van der Waals surface area contributed by atoms with Crippen molar-refractivity contribution < 1.29 is 0 Å². The molecule has 1 rings (SSSR count). The number of hydrogen-bond acceptors (Lipinski definition) is 5. The Hall–Kier alpha value is -0.490. The van der Waals surface area contributed by atoms with E-state index < -0.39 is 0 Å². The van der Waals surface area contributed by atoms with Gasteiger partial charge in [0.25, 0.3) is 0 Å². The average Bonchev–Trinajstić information content (AvgIpc) is 2.34. The maximum Gasteiger partial charge on any atom is 0.221 e. The summed E-state index contributed by atoms with van der Waals surface area (Å²) >= 11 is 0. The Kier molecular flexibility index (Phi) is 18.3. The van der Waals surface area contributed by atoms with Crippen LogP contribution in [-0.4, -0.2) is 41.0 Å². The van der Waals surface area contributed by atoms with Crippen molar-refractivity contribution in [1.29, 1.82) is 0 Å². The highest BCUT2D eigenvalue weighted by Crippen LogP contribution is 2.03. The summed E-state index contributed by atoms with van der Waals surface area (Å²) in [6.45, 7) is 8.76. The van der Waals surface area contributed by atoms with Gasteiger partial charge in [-0.1, -0.05) is 13.8 Å². The molecule has 0 saturated carbocycles. The topological polar surface area (TPSA) is 67.1 Å². The number of nitrogens with one attached hydrogen (secondary N) is 1. The van der Waals surface area contributed by atoms with Gasteiger partial charge < -0.3 is 16.0 Å². The van der Waals surface area contributed by atoms with Gasteiger partial charge in [-0.2, -0.15) is 4.98 Å². The van der Waals surface area contributed by atoms with Crippen LogP contribution in [0.3, 0.4) is 0 Å². The molecule has 0 aliphatic heterocycles. The van der Waals surface area contributed by atoms with Crippen LogP contribution < -0.4 is 11.1 Å². The van der Waals surface area contributed by atoms with Crippen LogP contribution in [-0.2, 0) is 0 Å². The molecule has 0 aliphatic carbocycles. The van der Waals surface area contributed by atoms with E-state index in [1.165, 1.54) is 13.0 Å². The summed E-state index contributed by atoms with van der Waals surface area (Å²) in [7, 11) is 0. The summed E-state index contributed by atoms with van der Waals surface area (Å²) in [5, 5.41) is 3.25. The third kappa shape index (κ3) is 10.3. The quantitative estimate of drug-likeness (QED) is 0.708. The van der Waals surface area contributed by atoms with Gasteiger partial charge in [0.1, 0.15) is 5.82 Å². The van der Waals surface area contributed by atoms with E-state index in [0.717, 1.165) is 31.9 Å². The lowest BCUT2D eigenvalue weighted by Gasteiger charge is -2.17. The zero-order valence-corrected chi connectivity index (χ0v) is 14.5. The Morgan fingerprint density at radius 2 is 1.80 bits per heavy atom. The first-order chi connectivity index (χ1) is 8.26. The van der Waals surface area contributed by atoms with Crippen LogP contribution in [0.15, 0.2) is 12.3 Å². The van der Waals surface area contributed by atoms with Crippen molar-refractivity contribution in [2.45, 2.75) is 26.7 Å². The molecular weight excluding hydrogens is 321 g/mol. The van der Waals surface area contributed by atoms with Crippen LogP contribution in [0.4, 0.5) is 11.8 Å². The lowest BCUT2D eigenvalue weighted by Crippen LogP contribution is -2.24. The smallest absolute Gasteiger partial charge is 0.221 e. The molecule has 120 valence electrons. The number of rotatable bonds is 8. The molecule has 3 N–H and O–H groups in total. The van der Waals surface area contributed by atoms with E-state index in [2.05, 4.69) is 34.0 Å². The average molecular weight is 347 g/mol. The number of anilines is 2. The summed E-state index contributed by atoms with van der Waals surface area (Å²) < 4.78 is 0. The van der Waals surface area contributed by atoms with Crippen molar-refractivity contribution in [1.82, 2.24) is 14.9 Å². The maximum absolute atomic E-state index is 5.50. The fourth-order valence-corrected chi connectivity index (χ4v) is 1.69. The maximum atomic E-state index is 5.50. The zero-order chi connectivity index (χ0) is 12.5. The standard InChI is InChI=1S/C12H23N5.3ClH/c1-3-17(4-2)10-6-5-8-14-11-7-9-15-12(13)16-11;;;/h7,9H,3-6,8,10H2,1-2H3,(H3,13,14,15,16);3*1H. The second-order valence-corrected chi connectivity index (χ2v) is 3.96. The molecule has 20 heavy (non-hydrogen) atoms. The Bertz CT molecular complexity index is 324. The monoisotopic (exact) mass is 345 g/mol. The van der Waals surface area contributed by atoms with Gasteiger partial charge in [0.2, 0.25) is 5.95 Å². The summed E-state index contributed by atoms with van der Waals surface area (Å²) in [5.41, 5.74) is 5.50. The van der Waals surface area contributed by atoms with Crippen molar-refractivity contribution in [3.8, 4) is 0 Å². The zero-order valence-electron chi connectivity index (χ0n) is 12.0. The van der Waals surface area contributed by atoms with Gasteiger partial charge >= 0.3 is 0 Å². The lowest BCUT2D eigenvalue weighted by atomic mass is 10.3. The minimum Gasteiger partial charge on any atom is -0.370 e. The van der Waals surface area contributed by atoms with Gasteiger partial charge in [-0.25, -0.2) is 4.98 Å². The Morgan fingerprint density at radius 3 is 2.35 bits per heavy atom. The fraction of sp³-hybridized carbons (Fsp3) is 0.667. The van der Waals surface area contributed by atoms with Gasteiger partial charge in [0.05, 0.1) is 0 Å². The van der Waals surface area contributed by atoms with Crippen molar-refractivity contribution in [2.24, 2.45) is 0 Å². The molecule has 1 heterocycles. The van der Waals surface area contributed by atoms with Crippen LogP contribution >= 0.6 is 37.2 Å². The normalized spacial score (nSPS) is 9.15. The molecule has 1 aromatic heterocycles. The highest BCUT2D eigenvalue weighted by molar-refractivity contribution is 5.86. The molecule has 1 aromatic rings. The summed E-state index contributed by atoms with van der Waals surface area (Å²) in [5.74, 6) is 1.12. The largest absolute Gasteiger partial charge is 0.370 e. The number of nitrogens with two attached hydrogens (primary N) is 1. The SMILES string of the molecule is CCN(CC)CCCCNc1ccnc(N)n1.Cl.Cl.Cl. The molecule has 0 amide bonds. The van der Waals surface area contributed by atoms with Crippen LogP contribution in [0.2, 0.25) is 0 Å². The Labute approximate surface area is 140 Å². The van der Waals surface area contributed by atoms with E-state index in [9.17, 15) is 0 Å². The first-order valence-corrected chi connectivity index (χ1v) is 6.31. The second kappa shape index (κ2) is 14.9. The molecule has 5 nitrogen and oxygen atoms in total. The molecule has 0 bridgehead atoms. The van der Waals surface area contributed by atoms with E-state index in [4.69, 9.17) is 5.73 Å². The van der Waals surface area contributed by atoms with Crippen molar-refractivity contribution >= 4 is 49.0 Å². The predicted octanol–water partition coefficient (Wildman–Crippen LogP) is 2.86. The van der Waals surface area contributed by atoms with Gasteiger partial charge in [0.15, 0.2) is 0 Å². The Balaban J connectivity index is -0.000000963. The molecule has 0 radical (unpaired) electrons. The third-order valence-electron chi connectivity index (χ3n) is 2.78. The molecule has 8 heteroatoms. The van der Waals surface area contributed by atoms with E-state index in [1.54, 1.807) is 6.20 Å². The minimum absolute atomic E-state index is 0. The molecular formula is C12H26Cl3N5. The summed E-state index contributed by atoms with van der Waals surface area (Å²) in [4.78, 5) is 10.4. The molecule has 0 aliphatic rings. The summed E-state index contributed by atoms with van der Waals surface area (Å²) in [6, 6.07) is 1.83. The van der Waals surface area contributed by atoms with Crippen LogP contribution in [0.25, 0.3) is 0 Å². The molecule has 0 spiro atoms. The number of halogens is 3. The molecule has 0 fully saturated rings. The van der Waals surface area contributed by atoms with E-state index in [-0.39, 0.29) is 37.2 Å². The minimum atomic E-state index is 0. The van der Waals surface area contributed by atoms with Crippen molar-refractivity contribution in [2.75, 3.05) is 37.2 Å². The Morgan fingerprint density at radius 1 is 1.15 bits per heavy atom. The van der Waals surface area contributed by atoms with Crippen LogP contribution in [0.1, 0.15) is 26.7 Å². The second-order valence-electron chi connectivity index (χ2n) is 3.96. The van der Waals surface area contributed by atoms with Gasteiger partial charge in [-0.05, 0) is 38.5 Å². The van der Waals surface area contributed by atoms with Gasteiger partial charge in [-0.3, -0.25) is 0 Å². The van der Waals surface area contributed by atoms with Crippen LogP contribution in [0, 0.1) is 0 Å². The predicted molar refractivity (Wildman–Crippen MR) is 93.7 cm³/mol. The number of nitrogens with zero attached hydrogens (tertiary/aromatic N) is 3. The first-order valence-electron chi connectivity index (χ1n) is 6.31. The third-order valence-corrected chi connectivity index (χ3v) is 2.78. The lowest BCUT2D eigenvalue weighted by molar-refractivity contribution is 0.298. The van der Waals surface area contributed by atoms with Gasteiger partial charge in [0, 0.05) is 12.7 Å². The number of nitrogen functional groups attached to an aromatic ring is 1. The molecule has 0 unspecified atom stereocenters. The van der Waals surface area contributed by atoms with E-state index in [1.807, 2.05) is 6.07 Å². The number of hydrogen-bond donors (Lipinski definition) is 2. The highest BCUT2D eigenvalue weighted by atomic mass is 35.5. The van der Waals surface area contributed by atoms with Crippen LogP contribution in [0.5, 0.6) is 0 Å². The van der Waals surface area contributed by atoms with E-state index >= 15 is 0 Å². The van der Waals surface area contributed by atoms with E-state index in [0.29, 0.717) is 5.95 Å². The molecule has 0 saturated heterocycles. The molecule has 0 atom stereocenters. The number of unbranched alkanes of at least 4 members (excludes halogenated alkanes) is 1. The van der Waals surface area contributed by atoms with Crippen molar-refractivity contribution in [3.05, 3.63) is 12.3 Å². The van der Waals surface area contributed by atoms with Crippen molar-refractivity contribution in [3.63, 3.8) is 0 Å². The highest BCUT2D eigenvalue weighted by Gasteiger charge is 1.98. The molecule has 0 aromatic carbocycles. The summed E-state index contributed by atoms with van der Waals surface area (Å²) in [6.07, 6.45) is 4.01. The first kappa shape index (κ1) is 24.5. The number of aromatic nitrogens is 2. The van der Waals surface area contributed by atoms with Gasteiger partial charge in [-0.15, -0.1) is 37.2 Å². The fourth-order valence-electron chi connectivity index (χ4n) is 1.69.